The molecule has 2 aliphatic carbocycles. The number of alkyl halides is 2. The first-order chi connectivity index (χ1) is 17.7. The van der Waals surface area contributed by atoms with Gasteiger partial charge in [-0.25, -0.2) is 18.6 Å². The summed E-state index contributed by atoms with van der Waals surface area (Å²) in [7, 11) is 0. The van der Waals surface area contributed by atoms with Gasteiger partial charge < -0.3 is 16.0 Å². The van der Waals surface area contributed by atoms with Crippen molar-refractivity contribution in [2.24, 2.45) is 5.92 Å². The van der Waals surface area contributed by atoms with Crippen LogP contribution in [0.25, 0.3) is 16.7 Å². The summed E-state index contributed by atoms with van der Waals surface area (Å²) in [6, 6.07) is 12.5. The van der Waals surface area contributed by atoms with Crippen molar-refractivity contribution < 1.29 is 18.4 Å². The first-order valence-electron chi connectivity index (χ1n) is 12.4. The van der Waals surface area contributed by atoms with Crippen LogP contribution in [-0.4, -0.2) is 40.5 Å². The molecule has 5 rings (SSSR count). The number of aromatic nitrogens is 2. The van der Waals surface area contributed by atoms with E-state index in [9.17, 15) is 18.4 Å². The summed E-state index contributed by atoms with van der Waals surface area (Å²) in [6.07, 6.45) is 10.7. The number of allylic oxidation sites excluding steroid dienone is 3. The van der Waals surface area contributed by atoms with Crippen LogP contribution in [0.5, 0.6) is 0 Å². The Hall–Kier alpha value is -4.01. The summed E-state index contributed by atoms with van der Waals surface area (Å²) < 4.78 is 27.9. The molecule has 3 amide bonds. The molecule has 0 aliphatic heterocycles. The molecule has 0 radical (unpaired) electrons. The van der Waals surface area contributed by atoms with Gasteiger partial charge in [0.2, 0.25) is 5.91 Å². The average molecular weight is 506 g/mol. The topological polar surface area (TPSA) is 88.1 Å². The highest BCUT2D eigenvalue weighted by molar-refractivity contribution is 5.94. The van der Waals surface area contributed by atoms with Gasteiger partial charge in [0, 0.05) is 36.3 Å². The van der Waals surface area contributed by atoms with Crippen LogP contribution >= 0.6 is 0 Å². The lowest BCUT2D eigenvalue weighted by molar-refractivity contribution is -0.117. The third-order valence-corrected chi connectivity index (χ3v) is 6.56. The number of imidazole rings is 1. The standard InChI is InChI=1S/C28H29F2N5O2/c1-28(29,30)16-32-27(37)34-22-6-3-7-23(14-22)35-17-33-24-13-20(10-11-25(24)35)19-4-2-5-21(12-19)26(36)31-15-18-8-9-18/h2-7,10-11,13-14,17-19H,8-9,12,15-16H2,1H3,(H,31,36)(H2,32,34,37). The number of anilines is 1. The van der Waals surface area contributed by atoms with Crippen molar-refractivity contribution in [1.82, 2.24) is 20.2 Å². The molecule has 1 fully saturated rings. The van der Waals surface area contributed by atoms with Crippen LogP contribution in [0, 0.1) is 5.92 Å². The van der Waals surface area contributed by atoms with Crippen LogP contribution < -0.4 is 16.0 Å². The van der Waals surface area contributed by atoms with Crippen molar-refractivity contribution in [3.8, 4) is 5.69 Å². The minimum Gasteiger partial charge on any atom is -0.352 e. The molecule has 3 aromatic rings. The number of rotatable bonds is 8. The van der Waals surface area contributed by atoms with Gasteiger partial charge in [0.25, 0.3) is 5.92 Å². The predicted octanol–water partition coefficient (Wildman–Crippen LogP) is 5.30. The Morgan fingerprint density at radius 1 is 1.14 bits per heavy atom. The zero-order valence-corrected chi connectivity index (χ0v) is 20.5. The van der Waals surface area contributed by atoms with Crippen molar-refractivity contribution in [2.45, 2.75) is 38.0 Å². The summed E-state index contributed by atoms with van der Waals surface area (Å²) in [4.78, 5) is 29.1. The van der Waals surface area contributed by atoms with Crippen molar-refractivity contribution in [2.75, 3.05) is 18.4 Å². The van der Waals surface area contributed by atoms with E-state index in [-0.39, 0.29) is 11.8 Å². The third-order valence-electron chi connectivity index (χ3n) is 6.56. The highest BCUT2D eigenvalue weighted by atomic mass is 19.3. The highest BCUT2D eigenvalue weighted by Gasteiger charge is 2.24. The lowest BCUT2D eigenvalue weighted by atomic mass is 9.87. The maximum atomic E-state index is 13.0. The molecule has 1 heterocycles. The molecule has 9 heteroatoms. The molecule has 7 nitrogen and oxygen atoms in total. The van der Waals surface area contributed by atoms with Crippen LogP contribution in [-0.2, 0) is 4.79 Å². The molecule has 1 saturated carbocycles. The second kappa shape index (κ2) is 10.2. The molecular formula is C28H29F2N5O2. The third kappa shape index (κ3) is 6.22. The van der Waals surface area contributed by atoms with Crippen LogP contribution in [0.2, 0.25) is 0 Å². The van der Waals surface area contributed by atoms with Gasteiger partial charge in [-0.15, -0.1) is 0 Å². The number of urea groups is 1. The van der Waals surface area contributed by atoms with Gasteiger partial charge in [0.1, 0.15) is 6.33 Å². The van der Waals surface area contributed by atoms with Crippen LogP contribution in [0.4, 0.5) is 19.3 Å². The minimum atomic E-state index is -2.98. The van der Waals surface area contributed by atoms with E-state index in [0.717, 1.165) is 41.3 Å². The summed E-state index contributed by atoms with van der Waals surface area (Å²) in [5.74, 6) is -2.25. The normalized spacial score (nSPS) is 17.4. The Bertz CT molecular complexity index is 1380. The van der Waals surface area contributed by atoms with E-state index in [1.54, 1.807) is 24.5 Å². The smallest absolute Gasteiger partial charge is 0.319 e. The van der Waals surface area contributed by atoms with Crippen molar-refractivity contribution in [1.29, 1.82) is 0 Å². The fraction of sp³-hybridized carbons (Fsp3) is 0.321. The van der Waals surface area contributed by atoms with E-state index >= 15 is 0 Å². The SMILES string of the molecule is CC(F)(F)CNC(=O)Nc1cccc(-n2cnc3cc(C4C=CC=C(C(=O)NCC5CC5)C4)ccc32)c1. The zero-order chi connectivity index (χ0) is 26.0. The van der Waals surface area contributed by atoms with Gasteiger partial charge in [-0.1, -0.05) is 30.4 Å². The first kappa shape index (κ1) is 24.7. The summed E-state index contributed by atoms with van der Waals surface area (Å²) in [6.45, 7) is 0.756. The molecule has 2 aliphatic rings. The molecule has 1 unspecified atom stereocenters. The Kier molecular flexibility index (Phi) is 6.78. The van der Waals surface area contributed by atoms with E-state index in [2.05, 4.69) is 27.0 Å². The van der Waals surface area contributed by atoms with Gasteiger partial charge in [-0.2, -0.15) is 0 Å². The van der Waals surface area contributed by atoms with Gasteiger partial charge in [-0.05, 0) is 61.1 Å². The largest absolute Gasteiger partial charge is 0.352 e. The molecule has 3 N–H and O–H groups in total. The molecule has 0 spiro atoms. The number of hydrogen-bond acceptors (Lipinski definition) is 3. The average Bonchev–Trinajstić information content (AvgIpc) is 3.62. The van der Waals surface area contributed by atoms with Crippen molar-refractivity contribution in [3.05, 3.63) is 78.2 Å². The lowest BCUT2D eigenvalue weighted by Gasteiger charge is -2.19. The first-order valence-corrected chi connectivity index (χ1v) is 12.4. The van der Waals surface area contributed by atoms with Crippen molar-refractivity contribution in [3.63, 3.8) is 0 Å². The number of carbonyl (C=O) groups excluding carboxylic acids is 2. The molecule has 192 valence electrons. The second-order valence-electron chi connectivity index (χ2n) is 9.83. The number of hydrogen-bond donors (Lipinski definition) is 3. The predicted molar refractivity (Wildman–Crippen MR) is 139 cm³/mol. The summed E-state index contributed by atoms with van der Waals surface area (Å²) >= 11 is 0. The van der Waals surface area contributed by atoms with Gasteiger partial charge >= 0.3 is 6.03 Å². The Morgan fingerprint density at radius 2 is 1.97 bits per heavy atom. The van der Waals surface area contributed by atoms with Crippen LogP contribution in [0.1, 0.15) is 37.7 Å². The van der Waals surface area contributed by atoms with Crippen LogP contribution in [0.3, 0.4) is 0 Å². The van der Waals surface area contributed by atoms with E-state index in [4.69, 9.17) is 0 Å². The maximum Gasteiger partial charge on any atom is 0.319 e. The molecular weight excluding hydrogens is 476 g/mol. The number of fused-ring (bicyclic) bond motifs is 1. The van der Waals surface area contributed by atoms with E-state index in [1.807, 2.05) is 41.0 Å². The fourth-order valence-corrected chi connectivity index (χ4v) is 4.36. The zero-order valence-electron chi connectivity index (χ0n) is 20.5. The van der Waals surface area contributed by atoms with Gasteiger partial charge in [-0.3, -0.25) is 9.36 Å². The minimum absolute atomic E-state index is 0.0113. The van der Waals surface area contributed by atoms with Gasteiger partial charge in [0.15, 0.2) is 0 Å². The van der Waals surface area contributed by atoms with Gasteiger partial charge in [0.05, 0.1) is 17.6 Å². The number of carbonyl (C=O) groups is 2. The van der Waals surface area contributed by atoms with Crippen LogP contribution in [0.15, 0.2) is 72.6 Å². The molecule has 37 heavy (non-hydrogen) atoms. The Balaban J connectivity index is 1.28. The molecule has 1 atom stereocenters. The van der Waals surface area contributed by atoms with Crippen molar-refractivity contribution >= 4 is 28.7 Å². The number of nitrogens with zero attached hydrogens (tertiary/aromatic N) is 2. The number of nitrogens with one attached hydrogen (secondary N) is 3. The second-order valence-corrected chi connectivity index (χ2v) is 9.83. The molecule has 1 aromatic heterocycles. The highest BCUT2D eigenvalue weighted by Crippen LogP contribution is 2.32. The summed E-state index contributed by atoms with van der Waals surface area (Å²) in [5.41, 5.74) is 4.79. The van der Waals surface area contributed by atoms with E-state index < -0.39 is 18.5 Å². The lowest BCUT2D eigenvalue weighted by Crippen LogP contribution is -2.37. The fourth-order valence-electron chi connectivity index (χ4n) is 4.36. The monoisotopic (exact) mass is 505 g/mol. The number of halogens is 2. The summed E-state index contributed by atoms with van der Waals surface area (Å²) in [5, 5.41) is 7.80. The van der Waals surface area contributed by atoms with E-state index in [1.165, 1.54) is 12.8 Å². The Labute approximate surface area is 213 Å². The quantitative estimate of drug-likeness (QED) is 0.388. The van der Waals surface area contributed by atoms with E-state index in [0.29, 0.717) is 18.0 Å². The number of amides is 3. The Morgan fingerprint density at radius 3 is 2.76 bits per heavy atom. The maximum absolute atomic E-state index is 13.0. The molecule has 0 bridgehead atoms. The molecule has 2 aromatic carbocycles. The number of benzene rings is 2. The molecule has 0 saturated heterocycles.